The van der Waals surface area contributed by atoms with Crippen LogP contribution in [0.4, 0.5) is 5.82 Å². The molecule has 0 saturated carbocycles. The highest BCUT2D eigenvalue weighted by Gasteiger charge is 2.18. The monoisotopic (exact) mass is 339 g/mol. The first kappa shape index (κ1) is 17.6. The number of carbonyl (C=O) groups excluding carboxylic acids is 1. The first-order valence-corrected chi connectivity index (χ1v) is 8.79. The van der Waals surface area contributed by atoms with E-state index in [1.807, 2.05) is 12.1 Å². The number of benzene rings is 1. The average molecular weight is 339 g/mol. The van der Waals surface area contributed by atoms with Crippen molar-refractivity contribution in [2.24, 2.45) is 0 Å². The Kier molecular flexibility index (Phi) is 6.14. The summed E-state index contributed by atoms with van der Waals surface area (Å²) in [6, 6.07) is 14.2. The summed E-state index contributed by atoms with van der Waals surface area (Å²) < 4.78 is 5.97. The molecule has 0 spiro atoms. The zero-order chi connectivity index (χ0) is 17.5. The Hall–Kier alpha value is -2.24. The van der Waals surface area contributed by atoms with Crippen LogP contribution in [-0.2, 0) is 11.3 Å². The molecule has 1 aliphatic heterocycles. The van der Waals surface area contributed by atoms with Gasteiger partial charge in [0.1, 0.15) is 5.82 Å². The number of pyridine rings is 1. The van der Waals surface area contributed by atoms with Gasteiger partial charge in [-0.1, -0.05) is 30.3 Å². The summed E-state index contributed by atoms with van der Waals surface area (Å²) in [6.07, 6.45) is 2.79. The van der Waals surface area contributed by atoms with Gasteiger partial charge in [0.25, 0.3) is 0 Å². The highest BCUT2D eigenvalue weighted by molar-refractivity contribution is 5.93. The number of aromatic nitrogens is 1. The maximum atomic E-state index is 11.3. The van der Waals surface area contributed by atoms with E-state index in [4.69, 9.17) is 4.74 Å². The van der Waals surface area contributed by atoms with E-state index in [1.54, 1.807) is 19.2 Å². The van der Waals surface area contributed by atoms with Crippen molar-refractivity contribution >= 4 is 11.6 Å². The van der Waals surface area contributed by atoms with Crippen LogP contribution in [0.25, 0.3) is 0 Å². The van der Waals surface area contributed by atoms with E-state index < -0.39 is 0 Å². The summed E-state index contributed by atoms with van der Waals surface area (Å²) in [6.45, 7) is 5.94. The van der Waals surface area contributed by atoms with Crippen LogP contribution < -0.4 is 5.32 Å². The lowest BCUT2D eigenvalue weighted by molar-refractivity contribution is 0.0624. The third-order valence-electron chi connectivity index (χ3n) is 4.36. The maximum Gasteiger partial charge on any atom is 0.161 e. The topological polar surface area (TPSA) is 54.5 Å². The van der Waals surface area contributed by atoms with Crippen LogP contribution in [-0.4, -0.2) is 48.0 Å². The van der Waals surface area contributed by atoms with Gasteiger partial charge in [0.05, 0.1) is 6.10 Å². The Morgan fingerprint density at radius 2 is 2.12 bits per heavy atom. The Morgan fingerprint density at radius 1 is 1.28 bits per heavy atom. The molecule has 0 bridgehead atoms. The van der Waals surface area contributed by atoms with Crippen molar-refractivity contribution in [3.8, 4) is 0 Å². The molecule has 5 nitrogen and oxygen atoms in total. The molecular formula is C20H25N3O2. The van der Waals surface area contributed by atoms with Gasteiger partial charge in [-0.15, -0.1) is 0 Å². The van der Waals surface area contributed by atoms with Gasteiger partial charge in [-0.3, -0.25) is 9.69 Å². The summed E-state index contributed by atoms with van der Waals surface area (Å²) in [5.41, 5.74) is 1.96. The van der Waals surface area contributed by atoms with Crippen LogP contribution >= 0.6 is 0 Å². The smallest absolute Gasteiger partial charge is 0.161 e. The third-order valence-corrected chi connectivity index (χ3v) is 4.36. The Bertz CT molecular complexity index is 673. The average Bonchev–Trinajstić information content (AvgIpc) is 2.86. The van der Waals surface area contributed by atoms with Crippen LogP contribution in [0, 0.1) is 0 Å². The normalized spacial score (nSPS) is 18.5. The van der Waals surface area contributed by atoms with E-state index in [0.29, 0.717) is 12.1 Å². The maximum absolute atomic E-state index is 11.3. The molecule has 1 aromatic carbocycles. The molecule has 2 aromatic rings. The molecule has 25 heavy (non-hydrogen) atoms. The standard InChI is InChI=1S/C20H25N3O2/c1-16(24)18-8-9-20(21-12-18)22-13-19-15-23(10-5-11-25-19)14-17-6-3-2-4-7-17/h2-4,6-9,12,19H,5,10-11,13-15H2,1H3,(H,21,22)/t19-/m0/s1. The minimum Gasteiger partial charge on any atom is -0.375 e. The zero-order valence-corrected chi connectivity index (χ0v) is 14.6. The van der Waals surface area contributed by atoms with Crippen LogP contribution in [0.1, 0.15) is 29.3 Å². The van der Waals surface area contributed by atoms with Gasteiger partial charge in [0.15, 0.2) is 5.78 Å². The number of carbonyl (C=O) groups is 1. The molecule has 3 rings (SSSR count). The number of ketones is 1. The second-order valence-electron chi connectivity index (χ2n) is 6.44. The summed E-state index contributed by atoms with van der Waals surface area (Å²) in [7, 11) is 0. The summed E-state index contributed by atoms with van der Waals surface area (Å²) in [5, 5.41) is 3.32. The van der Waals surface area contributed by atoms with E-state index in [9.17, 15) is 4.79 Å². The highest BCUT2D eigenvalue weighted by atomic mass is 16.5. The quantitative estimate of drug-likeness (QED) is 0.820. The number of nitrogens with one attached hydrogen (secondary N) is 1. The number of hydrogen-bond acceptors (Lipinski definition) is 5. The molecule has 1 atom stereocenters. The number of nitrogens with zero attached hydrogens (tertiary/aromatic N) is 2. The van der Waals surface area contributed by atoms with Gasteiger partial charge in [0, 0.05) is 44.5 Å². The summed E-state index contributed by atoms with van der Waals surface area (Å²) >= 11 is 0. The fourth-order valence-corrected chi connectivity index (χ4v) is 3.00. The second kappa shape index (κ2) is 8.74. The van der Waals surface area contributed by atoms with Crippen LogP contribution in [0.15, 0.2) is 48.7 Å². The number of ether oxygens (including phenoxy) is 1. The molecule has 1 fully saturated rings. The molecule has 1 N–H and O–H groups in total. The molecule has 0 unspecified atom stereocenters. The van der Waals surface area contributed by atoms with Crippen molar-refractivity contribution in [1.82, 2.24) is 9.88 Å². The van der Waals surface area contributed by atoms with Crippen molar-refractivity contribution < 1.29 is 9.53 Å². The molecule has 132 valence electrons. The molecule has 1 saturated heterocycles. The van der Waals surface area contributed by atoms with Crippen molar-refractivity contribution in [3.05, 3.63) is 59.8 Å². The molecule has 0 aliphatic carbocycles. The first-order chi connectivity index (χ1) is 12.2. The fraction of sp³-hybridized carbons (Fsp3) is 0.400. The minimum absolute atomic E-state index is 0.0303. The van der Waals surface area contributed by atoms with Crippen molar-refractivity contribution in [2.45, 2.75) is 26.0 Å². The van der Waals surface area contributed by atoms with Crippen molar-refractivity contribution in [3.63, 3.8) is 0 Å². The number of Topliss-reactive ketones (excluding diaryl/α,β-unsaturated/α-hetero) is 1. The zero-order valence-electron chi connectivity index (χ0n) is 14.6. The van der Waals surface area contributed by atoms with Gasteiger partial charge in [-0.2, -0.15) is 0 Å². The summed E-state index contributed by atoms with van der Waals surface area (Å²) in [4.78, 5) is 18.0. The molecular weight excluding hydrogens is 314 g/mol. The molecule has 2 heterocycles. The highest BCUT2D eigenvalue weighted by Crippen LogP contribution is 2.12. The lowest BCUT2D eigenvalue weighted by Crippen LogP contribution is -2.35. The van der Waals surface area contributed by atoms with Gasteiger partial charge in [-0.05, 0) is 31.0 Å². The summed E-state index contributed by atoms with van der Waals surface area (Å²) in [5.74, 6) is 0.801. The Balaban J connectivity index is 1.53. The first-order valence-electron chi connectivity index (χ1n) is 8.79. The van der Waals surface area contributed by atoms with Gasteiger partial charge >= 0.3 is 0 Å². The molecule has 0 amide bonds. The number of hydrogen-bond donors (Lipinski definition) is 1. The molecule has 1 aromatic heterocycles. The van der Waals surface area contributed by atoms with Gasteiger partial charge in [-0.25, -0.2) is 4.98 Å². The lowest BCUT2D eigenvalue weighted by atomic mass is 10.2. The number of anilines is 1. The van der Waals surface area contributed by atoms with Crippen LogP contribution in [0.5, 0.6) is 0 Å². The van der Waals surface area contributed by atoms with E-state index in [0.717, 1.165) is 38.5 Å². The predicted octanol–water partition coefficient (Wildman–Crippen LogP) is 2.99. The Labute approximate surface area is 149 Å². The van der Waals surface area contributed by atoms with E-state index >= 15 is 0 Å². The van der Waals surface area contributed by atoms with Crippen LogP contribution in [0.2, 0.25) is 0 Å². The largest absolute Gasteiger partial charge is 0.375 e. The predicted molar refractivity (Wildman–Crippen MR) is 98.8 cm³/mol. The lowest BCUT2D eigenvalue weighted by Gasteiger charge is -2.24. The number of rotatable bonds is 6. The molecule has 5 heteroatoms. The van der Waals surface area contributed by atoms with E-state index in [1.165, 1.54) is 5.56 Å². The third kappa shape index (κ3) is 5.37. The van der Waals surface area contributed by atoms with E-state index in [2.05, 4.69) is 39.5 Å². The minimum atomic E-state index is 0.0303. The second-order valence-corrected chi connectivity index (χ2v) is 6.44. The van der Waals surface area contributed by atoms with Gasteiger partial charge in [0.2, 0.25) is 0 Å². The van der Waals surface area contributed by atoms with Crippen molar-refractivity contribution in [1.29, 1.82) is 0 Å². The SMILES string of the molecule is CC(=O)c1ccc(NC[C@H]2CN(Cc3ccccc3)CCCO2)nc1. The fourth-order valence-electron chi connectivity index (χ4n) is 3.00. The van der Waals surface area contributed by atoms with Gasteiger partial charge < -0.3 is 10.1 Å². The van der Waals surface area contributed by atoms with Crippen LogP contribution in [0.3, 0.4) is 0 Å². The molecule has 0 radical (unpaired) electrons. The molecule has 1 aliphatic rings. The van der Waals surface area contributed by atoms with E-state index in [-0.39, 0.29) is 11.9 Å². The van der Waals surface area contributed by atoms with Crippen molar-refractivity contribution in [2.75, 3.05) is 31.6 Å². The Morgan fingerprint density at radius 3 is 2.84 bits per heavy atom.